The van der Waals surface area contributed by atoms with Crippen LogP contribution >= 0.6 is 11.3 Å². The first kappa shape index (κ1) is 16.3. The van der Waals surface area contributed by atoms with Crippen molar-refractivity contribution < 1.29 is 9.18 Å². The van der Waals surface area contributed by atoms with Crippen LogP contribution in [0.1, 0.15) is 20.9 Å². The molecule has 0 aliphatic heterocycles. The van der Waals surface area contributed by atoms with Crippen molar-refractivity contribution in [2.24, 2.45) is 0 Å². The summed E-state index contributed by atoms with van der Waals surface area (Å²) in [7, 11) is 0. The molecule has 2 N–H and O–H groups in total. The Morgan fingerprint density at radius 1 is 1.19 bits per heavy atom. The molecule has 0 fully saturated rings. The zero-order valence-corrected chi connectivity index (χ0v) is 14.6. The van der Waals surface area contributed by atoms with E-state index in [-0.39, 0.29) is 11.7 Å². The summed E-state index contributed by atoms with van der Waals surface area (Å²) in [6, 6.07) is 11.6. The number of aryl methyl sites for hydroxylation is 1. The quantitative estimate of drug-likeness (QED) is 0.579. The summed E-state index contributed by atoms with van der Waals surface area (Å²) in [5, 5.41) is 13.9. The van der Waals surface area contributed by atoms with E-state index in [2.05, 4.69) is 25.7 Å². The average molecular weight is 367 g/mol. The number of thiazole rings is 1. The fourth-order valence-corrected chi connectivity index (χ4v) is 3.62. The molecule has 0 atom stereocenters. The molecule has 0 unspecified atom stereocenters. The highest BCUT2D eigenvalue weighted by atomic mass is 32.1. The predicted molar refractivity (Wildman–Crippen MR) is 97.3 cm³/mol. The Balaban J connectivity index is 1.51. The summed E-state index contributed by atoms with van der Waals surface area (Å²) in [4.78, 5) is 17.7. The van der Waals surface area contributed by atoms with Crippen molar-refractivity contribution >= 4 is 28.3 Å². The van der Waals surface area contributed by atoms with Gasteiger partial charge >= 0.3 is 0 Å². The molecule has 2 aromatic heterocycles. The van der Waals surface area contributed by atoms with Crippen molar-refractivity contribution in [2.75, 3.05) is 0 Å². The van der Waals surface area contributed by atoms with E-state index in [0.29, 0.717) is 33.7 Å². The van der Waals surface area contributed by atoms with Gasteiger partial charge in [-0.15, -0.1) is 11.3 Å². The molecule has 0 bridgehead atoms. The molecule has 0 radical (unpaired) electrons. The first-order valence-electron chi connectivity index (χ1n) is 7.92. The molecule has 4 rings (SSSR count). The second-order valence-corrected chi connectivity index (χ2v) is 6.80. The highest BCUT2D eigenvalue weighted by Crippen LogP contribution is 2.29. The number of amides is 1. The van der Waals surface area contributed by atoms with E-state index in [0.717, 1.165) is 10.6 Å². The fraction of sp³-hybridized carbons (Fsp3) is 0.111. The van der Waals surface area contributed by atoms with Gasteiger partial charge in [-0.25, -0.2) is 9.37 Å². The number of carbonyl (C=O) groups is 1. The minimum absolute atomic E-state index is 0.213. The molecule has 0 saturated heterocycles. The van der Waals surface area contributed by atoms with Crippen molar-refractivity contribution in [3.05, 3.63) is 64.4 Å². The number of hydrogen-bond donors (Lipinski definition) is 2. The molecule has 1 amide bonds. The molecule has 2 aromatic carbocycles. The van der Waals surface area contributed by atoms with Crippen LogP contribution in [0.25, 0.3) is 21.6 Å². The van der Waals surface area contributed by atoms with Gasteiger partial charge in [0.1, 0.15) is 21.9 Å². The van der Waals surface area contributed by atoms with E-state index in [1.807, 2.05) is 6.92 Å². The van der Waals surface area contributed by atoms with E-state index >= 15 is 0 Å². The third kappa shape index (κ3) is 3.06. The smallest absolute Gasteiger partial charge is 0.251 e. The number of aromatic amines is 1. The van der Waals surface area contributed by atoms with Gasteiger partial charge in [0, 0.05) is 16.0 Å². The van der Waals surface area contributed by atoms with Crippen molar-refractivity contribution in [1.82, 2.24) is 25.7 Å². The zero-order valence-electron chi connectivity index (χ0n) is 13.8. The molecule has 4 aromatic rings. The number of benzene rings is 2. The van der Waals surface area contributed by atoms with E-state index < -0.39 is 0 Å². The largest absolute Gasteiger partial charge is 0.347 e. The lowest BCUT2D eigenvalue weighted by Crippen LogP contribution is -2.22. The Labute approximate surface area is 152 Å². The lowest BCUT2D eigenvalue weighted by Gasteiger charge is -2.04. The Morgan fingerprint density at radius 2 is 2.00 bits per heavy atom. The van der Waals surface area contributed by atoms with Crippen molar-refractivity contribution in [3.8, 4) is 10.6 Å². The molecular weight excluding hydrogens is 353 g/mol. The van der Waals surface area contributed by atoms with Crippen LogP contribution in [0.4, 0.5) is 4.39 Å². The maximum absolute atomic E-state index is 13.9. The van der Waals surface area contributed by atoms with Gasteiger partial charge in [0.05, 0.1) is 12.2 Å². The normalized spacial score (nSPS) is 11.0. The monoisotopic (exact) mass is 367 g/mol. The molecule has 2 heterocycles. The highest BCUT2D eigenvalue weighted by molar-refractivity contribution is 7.15. The Morgan fingerprint density at radius 3 is 2.85 bits per heavy atom. The molecule has 8 heteroatoms. The average Bonchev–Trinajstić information content (AvgIpc) is 3.25. The second-order valence-electron chi connectivity index (χ2n) is 5.72. The van der Waals surface area contributed by atoms with Gasteiger partial charge in [0.15, 0.2) is 0 Å². The lowest BCUT2D eigenvalue weighted by atomic mass is 10.2. The van der Waals surface area contributed by atoms with E-state index in [4.69, 9.17) is 0 Å². The molecular formula is C18H14FN5OS. The van der Waals surface area contributed by atoms with Crippen molar-refractivity contribution in [3.63, 3.8) is 0 Å². The van der Waals surface area contributed by atoms with Crippen LogP contribution in [-0.4, -0.2) is 26.3 Å². The van der Waals surface area contributed by atoms with Gasteiger partial charge in [-0.3, -0.25) is 4.79 Å². The number of nitrogens with zero attached hydrogens (tertiary/aromatic N) is 3. The van der Waals surface area contributed by atoms with Crippen molar-refractivity contribution in [2.45, 2.75) is 13.5 Å². The number of fused-ring (bicyclic) bond motifs is 1. The number of aromatic nitrogens is 4. The Bertz CT molecular complexity index is 1100. The van der Waals surface area contributed by atoms with Gasteiger partial charge in [0.25, 0.3) is 5.91 Å². The van der Waals surface area contributed by atoms with Crippen LogP contribution in [0.3, 0.4) is 0 Å². The number of carbonyl (C=O) groups excluding carboxylic acids is 1. The topological polar surface area (TPSA) is 83.6 Å². The molecule has 130 valence electrons. The first-order chi connectivity index (χ1) is 12.6. The highest BCUT2D eigenvalue weighted by Gasteiger charge is 2.14. The van der Waals surface area contributed by atoms with Gasteiger partial charge in [-0.05, 0) is 37.3 Å². The lowest BCUT2D eigenvalue weighted by molar-refractivity contribution is 0.0951. The van der Waals surface area contributed by atoms with E-state index in [1.54, 1.807) is 36.4 Å². The molecule has 0 aliphatic rings. The molecule has 0 aliphatic carbocycles. The first-order valence-corrected chi connectivity index (χ1v) is 8.73. The van der Waals surface area contributed by atoms with Crippen LogP contribution in [0, 0.1) is 12.7 Å². The van der Waals surface area contributed by atoms with Crippen LogP contribution in [0.2, 0.25) is 0 Å². The number of rotatable bonds is 4. The van der Waals surface area contributed by atoms with Crippen LogP contribution in [-0.2, 0) is 6.54 Å². The maximum Gasteiger partial charge on any atom is 0.251 e. The summed E-state index contributed by atoms with van der Waals surface area (Å²) in [6.45, 7) is 2.18. The predicted octanol–water partition coefficient (Wildman–Crippen LogP) is 3.46. The summed E-state index contributed by atoms with van der Waals surface area (Å²) in [5.41, 5.74) is 3.08. The summed E-state index contributed by atoms with van der Waals surface area (Å²) < 4.78 is 13.9. The van der Waals surface area contributed by atoms with Gasteiger partial charge in [0.2, 0.25) is 0 Å². The molecule has 26 heavy (non-hydrogen) atoms. The summed E-state index contributed by atoms with van der Waals surface area (Å²) in [6.07, 6.45) is 0. The summed E-state index contributed by atoms with van der Waals surface area (Å²) >= 11 is 1.37. The third-order valence-corrected chi connectivity index (χ3v) is 5.18. The zero-order chi connectivity index (χ0) is 18.1. The van der Waals surface area contributed by atoms with Crippen LogP contribution in [0.15, 0.2) is 42.5 Å². The maximum atomic E-state index is 13.9. The number of nitrogens with one attached hydrogen (secondary N) is 2. The number of hydrogen-bond acceptors (Lipinski definition) is 5. The van der Waals surface area contributed by atoms with Gasteiger partial charge in [-0.1, -0.05) is 12.1 Å². The molecule has 6 nitrogen and oxygen atoms in total. The fourth-order valence-electron chi connectivity index (χ4n) is 2.59. The van der Waals surface area contributed by atoms with E-state index in [1.165, 1.54) is 17.4 Å². The number of halogens is 1. The SMILES string of the molecule is Cc1nc(-c2ccccc2F)sc1CNC(=O)c1ccc2n[nH]nc2c1. The van der Waals surface area contributed by atoms with E-state index in [9.17, 15) is 9.18 Å². The minimum atomic E-state index is -0.308. The van der Waals surface area contributed by atoms with Gasteiger partial charge < -0.3 is 5.32 Å². The summed E-state index contributed by atoms with van der Waals surface area (Å²) in [5.74, 6) is -0.520. The number of H-pyrrole nitrogens is 1. The minimum Gasteiger partial charge on any atom is -0.347 e. The Hall–Kier alpha value is -3.13. The molecule has 0 saturated carbocycles. The van der Waals surface area contributed by atoms with Crippen LogP contribution < -0.4 is 5.32 Å². The Kier molecular flexibility index (Phi) is 4.18. The van der Waals surface area contributed by atoms with Crippen LogP contribution in [0.5, 0.6) is 0 Å². The van der Waals surface area contributed by atoms with Crippen molar-refractivity contribution in [1.29, 1.82) is 0 Å². The second kappa shape index (κ2) is 6.64. The van der Waals surface area contributed by atoms with Gasteiger partial charge in [-0.2, -0.15) is 15.4 Å². The molecule has 0 spiro atoms. The third-order valence-electron chi connectivity index (χ3n) is 3.98. The standard InChI is InChI=1S/C18H14FN5OS/c1-10-16(26-18(21-10)12-4-2-3-5-13(12)19)9-20-17(25)11-6-7-14-15(8-11)23-24-22-14/h2-8H,9H2,1H3,(H,20,25)(H,22,23,24).